The molecule has 1 aliphatic heterocycles. The second-order valence-electron chi connectivity index (χ2n) is 10.7. The van der Waals surface area contributed by atoms with Crippen LogP contribution in [0.3, 0.4) is 0 Å². The molecule has 2 heterocycles. The minimum Gasteiger partial charge on any atom is -0.506 e. The number of Topliss-reactive ketones (excluding diaryl/α,β-unsaturated/α-hetero) is 1. The molecule has 0 spiro atoms. The fourth-order valence-corrected chi connectivity index (χ4v) is 7.02. The third-order valence-electron chi connectivity index (χ3n) is 7.65. The van der Waals surface area contributed by atoms with Crippen molar-refractivity contribution in [3.63, 3.8) is 0 Å². The van der Waals surface area contributed by atoms with Gasteiger partial charge in [-0.05, 0) is 71.3 Å². The average Bonchev–Trinajstić information content (AvgIpc) is 3.10. The van der Waals surface area contributed by atoms with Crippen LogP contribution in [0.2, 0.25) is 10.0 Å². The number of carbonyl (C=O) groups excluding carboxylic acids is 1. The summed E-state index contributed by atoms with van der Waals surface area (Å²) in [4.78, 5) is 15.5. The quantitative estimate of drug-likeness (QED) is 0.146. The first-order chi connectivity index (χ1) is 22.4. The highest BCUT2D eigenvalue weighted by molar-refractivity contribution is 8.16. The molecule has 1 N–H and O–H groups in total. The van der Waals surface area contributed by atoms with Gasteiger partial charge in [0.1, 0.15) is 5.76 Å². The SMILES string of the molecule is O=C1C(=Cc2cc(-c3ccccc3)[o+]c(-c3ccccc3Cl)c2)C(O)=C1C=C1C=C(c2ccccc2)SC(c2ccccc2Cl)=C1. The minimum absolute atomic E-state index is 0.0561. The lowest BCUT2D eigenvalue weighted by molar-refractivity contribution is -0.113. The molecule has 0 saturated heterocycles. The molecule has 0 fully saturated rings. The van der Waals surface area contributed by atoms with Crippen molar-refractivity contribution in [1.29, 1.82) is 0 Å². The van der Waals surface area contributed by atoms with E-state index in [1.54, 1.807) is 30.0 Å². The van der Waals surface area contributed by atoms with E-state index in [1.165, 1.54) is 0 Å². The van der Waals surface area contributed by atoms with E-state index < -0.39 is 0 Å². The van der Waals surface area contributed by atoms with Crippen molar-refractivity contribution in [3.05, 3.63) is 189 Å². The van der Waals surface area contributed by atoms with E-state index in [2.05, 4.69) is 0 Å². The summed E-state index contributed by atoms with van der Waals surface area (Å²) in [5.74, 6) is 0.858. The lowest BCUT2D eigenvalue weighted by Gasteiger charge is -2.21. The molecule has 3 nitrogen and oxygen atoms in total. The summed E-state index contributed by atoms with van der Waals surface area (Å²) in [5, 5.41) is 12.4. The fourth-order valence-electron chi connectivity index (χ4n) is 5.33. The lowest BCUT2D eigenvalue weighted by Crippen LogP contribution is -2.21. The second-order valence-corrected chi connectivity index (χ2v) is 12.6. The van der Waals surface area contributed by atoms with Gasteiger partial charge in [0.2, 0.25) is 5.78 Å². The Labute approximate surface area is 281 Å². The maximum absolute atomic E-state index is 13.5. The first-order valence-electron chi connectivity index (χ1n) is 14.6. The van der Waals surface area contributed by atoms with Crippen molar-refractivity contribution >= 4 is 56.6 Å². The summed E-state index contributed by atoms with van der Waals surface area (Å²) in [7, 11) is 0. The van der Waals surface area contributed by atoms with Gasteiger partial charge in [-0.2, -0.15) is 0 Å². The predicted molar refractivity (Wildman–Crippen MR) is 191 cm³/mol. The molecule has 1 aliphatic carbocycles. The molecular weight excluding hydrogens is 631 g/mol. The first kappa shape index (κ1) is 29.8. The van der Waals surface area contributed by atoms with Gasteiger partial charge < -0.3 is 5.11 Å². The first-order valence-corrected chi connectivity index (χ1v) is 16.1. The molecule has 4 aromatic carbocycles. The Hall–Kier alpha value is -4.87. The fraction of sp³-hybridized carbons (Fsp3) is 0. The summed E-state index contributed by atoms with van der Waals surface area (Å²) in [6.45, 7) is 0. The van der Waals surface area contributed by atoms with E-state index in [9.17, 15) is 9.90 Å². The minimum atomic E-state index is -0.244. The molecule has 7 rings (SSSR count). The molecule has 5 aromatic rings. The zero-order valence-corrected chi connectivity index (χ0v) is 26.6. The van der Waals surface area contributed by atoms with Gasteiger partial charge >= 0.3 is 11.5 Å². The monoisotopic (exact) mass is 655 g/mol. The molecule has 6 heteroatoms. The third-order valence-corrected chi connectivity index (χ3v) is 9.44. The van der Waals surface area contributed by atoms with E-state index in [1.807, 2.05) is 127 Å². The standard InChI is InChI=1S/C40H24Cl2O3S/c41-33-17-9-7-15-29(33)36-22-25(21-35(45-36)27-11-3-1-4-12-27)19-31-39(43)32(40(31)44)20-26-23-37(28-13-5-2-6-14-28)46-38(24-26)30-16-8-10-18-34(30)42/h1-24H/p+1. The van der Waals surface area contributed by atoms with Crippen molar-refractivity contribution in [2.45, 2.75) is 0 Å². The van der Waals surface area contributed by atoms with Crippen LogP contribution in [0.25, 0.3) is 38.5 Å². The van der Waals surface area contributed by atoms with Crippen molar-refractivity contribution in [3.8, 4) is 22.6 Å². The van der Waals surface area contributed by atoms with Crippen LogP contribution in [-0.2, 0) is 4.79 Å². The van der Waals surface area contributed by atoms with Crippen LogP contribution in [0.1, 0.15) is 16.7 Å². The van der Waals surface area contributed by atoms with Crippen LogP contribution >= 0.6 is 35.0 Å². The molecule has 0 atom stereocenters. The molecule has 222 valence electrons. The summed E-state index contributed by atoms with van der Waals surface area (Å²) >= 11 is 14.7. The number of aliphatic hydroxyl groups excluding tert-OH is 1. The van der Waals surface area contributed by atoms with Crippen molar-refractivity contribution < 1.29 is 14.3 Å². The Morgan fingerprint density at radius 2 is 1.20 bits per heavy atom. The Bertz CT molecular complexity index is 2160. The van der Waals surface area contributed by atoms with Gasteiger partial charge in [0, 0.05) is 20.4 Å². The molecule has 0 bridgehead atoms. The normalized spacial score (nSPS) is 16.3. The van der Waals surface area contributed by atoms with Gasteiger partial charge in [-0.1, -0.05) is 114 Å². The number of aliphatic hydroxyl groups is 1. The molecule has 0 unspecified atom stereocenters. The van der Waals surface area contributed by atoms with Gasteiger partial charge in [-0.3, -0.25) is 4.79 Å². The Morgan fingerprint density at radius 3 is 1.85 bits per heavy atom. The molecule has 1 aromatic heterocycles. The van der Waals surface area contributed by atoms with Gasteiger partial charge in [-0.25, -0.2) is 4.42 Å². The summed E-state index contributed by atoms with van der Waals surface area (Å²) < 4.78 is 6.27. The Balaban J connectivity index is 1.29. The van der Waals surface area contributed by atoms with Crippen molar-refractivity contribution in [2.24, 2.45) is 0 Å². The second kappa shape index (κ2) is 12.9. The van der Waals surface area contributed by atoms with Crippen LogP contribution in [0.4, 0.5) is 0 Å². The van der Waals surface area contributed by atoms with E-state index in [0.29, 0.717) is 27.1 Å². The van der Waals surface area contributed by atoms with Gasteiger partial charge in [-0.15, -0.1) is 0 Å². The Morgan fingerprint density at radius 1 is 0.630 bits per heavy atom. The lowest BCUT2D eigenvalue weighted by atomic mass is 9.85. The maximum atomic E-state index is 13.5. The van der Waals surface area contributed by atoms with Crippen molar-refractivity contribution in [2.75, 3.05) is 0 Å². The van der Waals surface area contributed by atoms with E-state index in [-0.39, 0.29) is 22.7 Å². The number of hydrogen-bond acceptors (Lipinski definition) is 3. The van der Waals surface area contributed by atoms with E-state index in [0.717, 1.165) is 37.6 Å². The molecular formula is C40H25Cl2O3S+. The molecule has 0 amide bonds. The maximum Gasteiger partial charge on any atom is 0.362 e. The smallest absolute Gasteiger partial charge is 0.362 e. The molecule has 2 aliphatic rings. The number of allylic oxidation sites excluding steroid dienone is 6. The number of ketones is 1. The van der Waals surface area contributed by atoms with Gasteiger partial charge in [0.25, 0.3) is 0 Å². The largest absolute Gasteiger partial charge is 0.506 e. The number of benzene rings is 4. The Kier molecular flexibility index (Phi) is 8.33. The topological polar surface area (TPSA) is 48.6 Å². The number of thioether (sulfide) groups is 1. The molecule has 0 radical (unpaired) electrons. The number of carbonyl (C=O) groups is 1. The molecule has 0 saturated carbocycles. The summed E-state index contributed by atoms with van der Waals surface area (Å²) in [6, 6.07) is 38.5. The molecule has 46 heavy (non-hydrogen) atoms. The van der Waals surface area contributed by atoms with E-state index >= 15 is 0 Å². The van der Waals surface area contributed by atoms with Crippen LogP contribution < -0.4 is 0 Å². The zero-order chi connectivity index (χ0) is 31.6. The van der Waals surface area contributed by atoms with E-state index in [4.69, 9.17) is 27.6 Å². The highest BCUT2D eigenvalue weighted by atomic mass is 35.5. The number of halogens is 2. The highest BCUT2D eigenvalue weighted by Gasteiger charge is 2.33. The summed E-state index contributed by atoms with van der Waals surface area (Å²) in [5.41, 5.74) is 5.51. The van der Waals surface area contributed by atoms with Crippen LogP contribution in [0.15, 0.2) is 166 Å². The van der Waals surface area contributed by atoms with Crippen molar-refractivity contribution in [1.82, 2.24) is 0 Å². The van der Waals surface area contributed by atoms with Gasteiger partial charge in [0.15, 0.2) is 0 Å². The third kappa shape index (κ3) is 6.03. The zero-order valence-electron chi connectivity index (χ0n) is 24.3. The van der Waals surface area contributed by atoms with Crippen LogP contribution in [0.5, 0.6) is 0 Å². The average molecular weight is 657 g/mol. The number of hydrogen-bond donors (Lipinski definition) is 1. The predicted octanol–water partition coefficient (Wildman–Crippen LogP) is 11.7. The number of rotatable bonds is 6. The van der Waals surface area contributed by atoms with Crippen LogP contribution in [-0.4, -0.2) is 10.9 Å². The highest BCUT2D eigenvalue weighted by Crippen LogP contribution is 2.46. The van der Waals surface area contributed by atoms with Crippen LogP contribution in [0, 0.1) is 0 Å². The summed E-state index contributed by atoms with van der Waals surface area (Å²) in [6.07, 6.45) is 7.44. The van der Waals surface area contributed by atoms with Gasteiger partial charge in [0.05, 0.1) is 39.4 Å².